The topological polar surface area (TPSA) is 93.7 Å². The molecule has 0 aromatic heterocycles. The van der Waals surface area contributed by atoms with Crippen molar-refractivity contribution in [2.24, 2.45) is 0 Å². The van der Waals surface area contributed by atoms with Crippen molar-refractivity contribution in [2.75, 3.05) is 23.3 Å². The van der Waals surface area contributed by atoms with Crippen LogP contribution >= 0.6 is 0 Å². The SMILES string of the molecule is [2H]C([2H])([2H])Oc1c(NC(=O)Oc2ccccc2)cc(C(C)(C)C)cc1NS(C)(=O)=O. The minimum atomic E-state index is -3.77. The molecule has 0 aliphatic heterocycles. The maximum absolute atomic E-state index is 12.4. The fourth-order valence-electron chi connectivity index (χ4n) is 2.27. The van der Waals surface area contributed by atoms with Crippen molar-refractivity contribution >= 4 is 27.5 Å². The Kier molecular flexibility index (Phi) is 4.79. The van der Waals surface area contributed by atoms with Crippen molar-refractivity contribution in [1.82, 2.24) is 0 Å². The number of para-hydroxylation sites is 1. The number of nitrogens with one attached hydrogen (secondary N) is 2. The Labute approximate surface area is 164 Å². The number of rotatable bonds is 5. The summed E-state index contributed by atoms with van der Waals surface area (Å²) >= 11 is 0. The molecule has 8 heteroatoms. The number of ether oxygens (including phenoxy) is 2. The molecule has 0 heterocycles. The Hall–Kier alpha value is -2.74. The van der Waals surface area contributed by atoms with Crippen LogP contribution in [-0.2, 0) is 15.4 Å². The number of sulfonamides is 1. The van der Waals surface area contributed by atoms with E-state index in [0.29, 0.717) is 5.56 Å². The largest absolute Gasteiger partial charge is 0.492 e. The van der Waals surface area contributed by atoms with Gasteiger partial charge in [-0.1, -0.05) is 39.0 Å². The number of hydrogen-bond acceptors (Lipinski definition) is 5. The van der Waals surface area contributed by atoms with Gasteiger partial charge in [0.05, 0.1) is 28.8 Å². The summed E-state index contributed by atoms with van der Waals surface area (Å²) in [6.45, 7) is 5.63. The van der Waals surface area contributed by atoms with Crippen LogP contribution in [0.15, 0.2) is 42.5 Å². The Morgan fingerprint density at radius 3 is 2.30 bits per heavy atom. The molecule has 1 amide bonds. The highest BCUT2D eigenvalue weighted by molar-refractivity contribution is 7.92. The van der Waals surface area contributed by atoms with Gasteiger partial charge in [0.25, 0.3) is 0 Å². The van der Waals surface area contributed by atoms with Gasteiger partial charge in [0, 0.05) is 0 Å². The summed E-state index contributed by atoms with van der Waals surface area (Å²) in [6.07, 6.45) is 0.0279. The van der Waals surface area contributed by atoms with Crippen LogP contribution in [0.4, 0.5) is 16.2 Å². The van der Waals surface area contributed by atoms with Crippen LogP contribution in [0.1, 0.15) is 30.4 Å². The zero-order chi connectivity index (χ0) is 22.7. The molecule has 0 atom stereocenters. The maximum atomic E-state index is 12.4. The minimum absolute atomic E-state index is 0.0503. The fourth-order valence-corrected chi connectivity index (χ4v) is 2.82. The van der Waals surface area contributed by atoms with Crippen LogP contribution in [0.25, 0.3) is 0 Å². The summed E-state index contributed by atoms with van der Waals surface area (Å²) in [5, 5.41) is 2.45. The summed E-state index contributed by atoms with van der Waals surface area (Å²) in [4.78, 5) is 12.4. The quantitative estimate of drug-likeness (QED) is 0.799. The molecule has 0 bridgehead atoms. The molecule has 0 radical (unpaired) electrons. The lowest BCUT2D eigenvalue weighted by Crippen LogP contribution is -2.20. The van der Waals surface area contributed by atoms with Crippen molar-refractivity contribution in [2.45, 2.75) is 26.2 Å². The zero-order valence-electron chi connectivity index (χ0n) is 18.5. The summed E-state index contributed by atoms with van der Waals surface area (Å²) < 4.78 is 58.4. The van der Waals surface area contributed by atoms with Gasteiger partial charge in [0.1, 0.15) is 5.75 Å². The second-order valence-electron chi connectivity index (χ2n) is 6.95. The van der Waals surface area contributed by atoms with E-state index in [9.17, 15) is 13.2 Å². The van der Waals surface area contributed by atoms with Gasteiger partial charge in [0.15, 0.2) is 5.75 Å². The average molecular weight is 395 g/mol. The van der Waals surface area contributed by atoms with Crippen molar-refractivity contribution in [3.8, 4) is 11.5 Å². The van der Waals surface area contributed by atoms with E-state index in [-0.39, 0.29) is 22.9 Å². The second-order valence-corrected chi connectivity index (χ2v) is 8.70. The lowest BCUT2D eigenvalue weighted by Gasteiger charge is -2.23. The molecule has 0 unspecified atom stereocenters. The Balaban J connectivity index is 2.55. The standard InChI is InChI=1S/C19H24N2O5S/c1-19(2,3)13-11-15(17(25-4)16(12-13)21-27(5,23)24)20-18(22)26-14-9-7-6-8-10-14/h6-12,21H,1-5H3,(H,20,22)/i4D3. The van der Waals surface area contributed by atoms with E-state index in [4.69, 9.17) is 13.6 Å². The zero-order valence-corrected chi connectivity index (χ0v) is 16.3. The Morgan fingerprint density at radius 2 is 1.74 bits per heavy atom. The molecule has 0 saturated heterocycles. The normalized spacial score (nSPS) is 13.7. The van der Waals surface area contributed by atoms with E-state index < -0.39 is 28.6 Å². The van der Waals surface area contributed by atoms with Gasteiger partial charge in [0.2, 0.25) is 10.0 Å². The highest BCUT2D eigenvalue weighted by Gasteiger charge is 2.22. The third kappa shape index (κ3) is 5.89. The van der Waals surface area contributed by atoms with Crippen LogP contribution in [0, 0.1) is 0 Å². The van der Waals surface area contributed by atoms with E-state index in [1.54, 1.807) is 30.3 Å². The highest BCUT2D eigenvalue weighted by atomic mass is 32.2. The number of methoxy groups -OCH3 is 1. The summed E-state index contributed by atoms with van der Waals surface area (Å²) in [6, 6.07) is 11.2. The molecule has 0 fully saturated rings. The maximum Gasteiger partial charge on any atom is 0.417 e. The molecule has 2 aromatic carbocycles. The molecular weight excluding hydrogens is 368 g/mol. The molecule has 27 heavy (non-hydrogen) atoms. The molecule has 2 rings (SSSR count). The van der Waals surface area contributed by atoms with E-state index >= 15 is 0 Å². The molecule has 2 aromatic rings. The van der Waals surface area contributed by atoms with Crippen molar-refractivity contribution in [3.05, 3.63) is 48.0 Å². The van der Waals surface area contributed by atoms with E-state index in [1.807, 2.05) is 20.8 Å². The number of carbonyl (C=O) groups excluding carboxylic acids is 1. The molecule has 0 aliphatic carbocycles. The third-order valence-electron chi connectivity index (χ3n) is 3.54. The van der Waals surface area contributed by atoms with Gasteiger partial charge in [-0.2, -0.15) is 0 Å². The first-order chi connectivity index (χ1) is 13.6. The molecular formula is C19H24N2O5S. The van der Waals surface area contributed by atoms with Crippen molar-refractivity contribution in [1.29, 1.82) is 0 Å². The second kappa shape index (κ2) is 7.87. The molecule has 7 nitrogen and oxygen atoms in total. The third-order valence-corrected chi connectivity index (χ3v) is 4.13. The van der Waals surface area contributed by atoms with E-state index in [1.165, 1.54) is 12.1 Å². The number of carbonyl (C=O) groups is 1. The predicted molar refractivity (Wildman–Crippen MR) is 106 cm³/mol. The Morgan fingerprint density at radius 1 is 1.11 bits per heavy atom. The van der Waals surface area contributed by atoms with Crippen LogP contribution in [0.5, 0.6) is 11.5 Å². The van der Waals surface area contributed by atoms with Crippen LogP contribution < -0.4 is 19.5 Å². The first-order valence-electron chi connectivity index (χ1n) is 9.53. The van der Waals surface area contributed by atoms with Crippen LogP contribution in [0.2, 0.25) is 0 Å². The van der Waals surface area contributed by atoms with Gasteiger partial charge in [-0.15, -0.1) is 0 Å². The number of benzene rings is 2. The van der Waals surface area contributed by atoms with Crippen LogP contribution in [0.3, 0.4) is 0 Å². The first kappa shape index (κ1) is 16.4. The first-order valence-corrected chi connectivity index (χ1v) is 9.92. The van der Waals surface area contributed by atoms with E-state index in [0.717, 1.165) is 6.26 Å². The highest BCUT2D eigenvalue weighted by Crippen LogP contribution is 2.39. The summed E-state index contributed by atoms with van der Waals surface area (Å²) in [5.41, 5.74) is 0.00917. The smallest absolute Gasteiger partial charge is 0.417 e. The number of anilines is 2. The van der Waals surface area contributed by atoms with Gasteiger partial charge in [-0.3, -0.25) is 10.0 Å². The fraction of sp³-hybridized carbons (Fsp3) is 0.316. The van der Waals surface area contributed by atoms with Gasteiger partial charge in [-0.05, 0) is 35.2 Å². The molecule has 146 valence electrons. The van der Waals surface area contributed by atoms with Crippen molar-refractivity contribution < 1.29 is 26.8 Å². The average Bonchev–Trinajstić information content (AvgIpc) is 2.55. The minimum Gasteiger partial charge on any atom is -0.492 e. The van der Waals surface area contributed by atoms with Crippen molar-refractivity contribution in [3.63, 3.8) is 0 Å². The monoisotopic (exact) mass is 395 g/mol. The van der Waals surface area contributed by atoms with Gasteiger partial charge < -0.3 is 9.47 Å². The number of hydrogen-bond donors (Lipinski definition) is 2. The lowest BCUT2D eigenvalue weighted by molar-refractivity contribution is 0.215. The molecule has 2 N–H and O–H groups in total. The number of amides is 1. The van der Waals surface area contributed by atoms with Crippen LogP contribution in [-0.4, -0.2) is 27.8 Å². The van der Waals surface area contributed by atoms with Gasteiger partial charge in [-0.25, -0.2) is 13.2 Å². The summed E-state index contributed by atoms with van der Waals surface area (Å²) in [5.74, 6) is -0.0758. The molecule has 0 spiro atoms. The lowest BCUT2D eigenvalue weighted by atomic mass is 9.86. The molecule has 0 saturated carbocycles. The summed E-state index contributed by atoms with van der Waals surface area (Å²) in [7, 11) is -6.66. The predicted octanol–water partition coefficient (Wildman–Crippen LogP) is 3.98. The Bertz CT molecular complexity index is 1020. The molecule has 0 aliphatic rings. The van der Waals surface area contributed by atoms with E-state index in [2.05, 4.69) is 10.0 Å². The van der Waals surface area contributed by atoms with Gasteiger partial charge >= 0.3 is 6.09 Å².